The number of hydrogen-bond donors (Lipinski definition) is 2. The van der Waals surface area contributed by atoms with Gasteiger partial charge in [0.2, 0.25) is 5.91 Å². The average molecular weight is 271 g/mol. The molecule has 3 rings (SSSR count). The van der Waals surface area contributed by atoms with Gasteiger partial charge in [-0.15, -0.1) is 0 Å². The van der Waals surface area contributed by atoms with Crippen LogP contribution in [0.3, 0.4) is 0 Å². The van der Waals surface area contributed by atoms with Crippen molar-refractivity contribution in [3.8, 4) is 11.3 Å². The number of aryl methyl sites for hydroxylation is 1. The van der Waals surface area contributed by atoms with E-state index >= 15 is 0 Å². The third-order valence-corrected chi connectivity index (χ3v) is 3.74. The van der Waals surface area contributed by atoms with Gasteiger partial charge in [-0.1, -0.05) is 24.3 Å². The molecule has 0 bridgehead atoms. The molecule has 1 unspecified atom stereocenters. The van der Waals surface area contributed by atoms with Gasteiger partial charge in [0.25, 0.3) is 0 Å². The van der Waals surface area contributed by atoms with Gasteiger partial charge in [-0.25, -0.2) is 0 Å². The Bertz CT molecular complexity index is 636. The van der Waals surface area contributed by atoms with Gasteiger partial charge >= 0.3 is 0 Å². The zero-order valence-corrected chi connectivity index (χ0v) is 11.3. The highest BCUT2D eigenvalue weighted by molar-refractivity contribution is 5.95. The molecule has 104 valence electrons. The molecule has 1 aromatic heterocycles. The maximum absolute atomic E-state index is 11.9. The fraction of sp³-hybridized carbons (Fsp3) is 0.333. The van der Waals surface area contributed by atoms with Crippen LogP contribution >= 0.6 is 0 Å². The topological polar surface area (TPSA) is 69.2 Å². The van der Waals surface area contributed by atoms with Crippen molar-refractivity contribution in [1.29, 1.82) is 0 Å². The summed E-state index contributed by atoms with van der Waals surface area (Å²) in [4.78, 5) is 13.6. The summed E-state index contributed by atoms with van der Waals surface area (Å²) in [5.41, 5.74) is 3.14. The number of nitrogens with one attached hydrogen (secondary N) is 1. The third-order valence-electron chi connectivity index (χ3n) is 3.74. The number of nitrogens with zero attached hydrogens (tertiary/aromatic N) is 2. The van der Waals surface area contributed by atoms with E-state index in [-0.39, 0.29) is 18.4 Å². The van der Waals surface area contributed by atoms with E-state index in [1.807, 2.05) is 37.3 Å². The molecule has 2 N–H and O–H groups in total. The van der Waals surface area contributed by atoms with Crippen LogP contribution in [0.1, 0.15) is 12.0 Å². The van der Waals surface area contributed by atoms with E-state index in [0.29, 0.717) is 18.8 Å². The molecule has 2 aromatic rings. The number of aliphatic hydroxyl groups excluding tert-OH is 1. The van der Waals surface area contributed by atoms with Gasteiger partial charge in [-0.3, -0.25) is 14.8 Å². The van der Waals surface area contributed by atoms with Crippen LogP contribution in [-0.2, 0) is 4.79 Å². The normalized spacial score (nSPS) is 18.8. The van der Waals surface area contributed by atoms with Crippen molar-refractivity contribution in [3.05, 3.63) is 35.9 Å². The first kappa shape index (κ1) is 12.9. The second-order valence-electron chi connectivity index (χ2n) is 5.21. The van der Waals surface area contributed by atoms with Gasteiger partial charge in [0.15, 0.2) is 5.82 Å². The van der Waals surface area contributed by atoms with Crippen molar-refractivity contribution in [2.45, 2.75) is 13.3 Å². The van der Waals surface area contributed by atoms with Crippen LogP contribution in [0.15, 0.2) is 30.3 Å². The second-order valence-corrected chi connectivity index (χ2v) is 5.21. The fourth-order valence-corrected chi connectivity index (χ4v) is 2.59. The highest BCUT2D eigenvalue weighted by Gasteiger charge is 2.31. The summed E-state index contributed by atoms with van der Waals surface area (Å²) in [6.07, 6.45) is 0.392. The predicted octanol–water partition coefficient (Wildman–Crippen LogP) is 1.73. The van der Waals surface area contributed by atoms with E-state index < -0.39 is 0 Å². The standard InChI is InChI=1S/C15H17N3O2/c1-10-4-2-3-5-12(10)13-7-14(17-16-13)18-8-11(9-19)6-15(18)20/h2-5,7,11,19H,6,8-9H2,1H3,(H,16,17). The van der Waals surface area contributed by atoms with E-state index in [1.165, 1.54) is 0 Å². The Balaban J connectivity index is 1.88. The Labute approximate surface area is 117 Å². The first-order valence-corrected chi connectivity index (χ1v) is 6.71. The minimum atomic E-state index is 0.0149. The van der Waals surface area contributed by atoms with Crippen LogP contribution in [0.2, 0.25) is 0 Å². The van der Waals surface area contributed by atoms with Crippen LogP contribution in [0, 0.1) is 12.8 Å². The second kappa shape index (κ2) is 5.09. The third kappa shape index (κ3) is 2.20. The summed E-state index contributed by atoms with van der Waals surface area (Å²) in [6.45, 7) is 2.61. The lowest BCUT2D eigenvalue weighted by Gasteiger charge is -2.12. The van der Waals surface area contributed by atoms with Crippen molar-refractivity contribution in [2.75, 3.05) is 18.1 Å². The van der Waals surface area contributed by atoms with E-state index in [9.17, 15) is 4.79 Å². The molecule has 1 aliphatic heterocycles. The molecular weight excluding hydrogens is 254 g/mol. The maximum atomic E-state index is 11.9. The van der Waals surface area contributed by atoms with Crippen LogP contribution in [0.25, 0.3) is 11.3 Å². The van der Waals surface area contributed by atoms with Gasteiger partial charge in [-0.2, -0.15) is 5.10 Å². The maximum Gasteiger partial charge on any atom is 0.228 e. The molecule has 1 atom stereocenters. The molecule has 1 saturated heterocycles. The molecular formula is C15H17N3O2. The number of benzene rings is 1. The highest BCUT2D eigenvalue weighted by atomic mass is 16.3. The molecule has 20 heavy (non-hydrogen) atoms. The van der Waals surface area contributed by atoms with Gasteiger partial charge in [0, 0.05) is 37.1 Å². The molecule has 0 spiro atoms. The quantitative estimate of drug-likeness (QED) is 0.893. The smallest absolute Gasteiger partial charge is 0.228 e. The summed E-state index contributed by atoms with van der Waals surface area (Å²) in [7, 11) is 0. The number of rotatable bonds is 3. The Hall–Kier alpha value is -2.14. The molecule has 0 radical (unpaired) electrons. The predicted molar refractivity (Wildman–Crippen MR) is 76.3 cm³/mol. The minimum Gasteiger partial charge on any atom is -0.396 e. The summed E-state index contributed by atoms with van der Waals surface area (Å²) in [5, 5.41) is 16.4. The largest absolute Gasteiger partial charge is 0.396 e. The molecule has 0 saturated carbocycles. The Morgan fingerprint density at radius 2 is 2.25 bits per heavy atom. The number of H-pyrrole nitrogens is 1. The van der Waals surface area contributed by atoms with Gasteiger partial charge in [-0.05, 0) is 12.5 Å². The Kier molecular flexibility index (Phi) is 3.28. The molecule has 5 heteroatoms. The van der Waals surface area contributed by atoms with Gasteiger partial charge < -0.3 is 5.11 Å². The molecule has 1 aromatic carbocycles. The van der Waals surface area contributed by atoms with Crippen molar-refractivity contribution >= 4 is 11.7 Å². The van der Waals surface area contributed by atoms with Crippen LogP contribution in [-0.4, -0.2) is 34.4 Å². The number of carbonyl (C=O) groups excluding carboxylic acids is 1. The molecule has 1 amide bonds. The first-order valence-electron chi connectivity index (χ1n) is 6.71. The van der Waals surface area contributed by atoms with Crippen molar-refractivity contribution in [3.63, 3.8) is 0 Å². The van der Waals surface area contributed by atoms with E-state index in [2.05, 4.69) is 10.2 Å². The van der Waals surface area contributed by atoms with Gasteiger partial charge in [0.05, 0.1) is 5.69 Å². The number of aromatic nitrogens is 2. The lowest BCUT2D eigenvalue weighted by atomic mass is 10.1. The van der Waals surface area contributed by atoms with Gasteiger partial charge in [0.1, 0.15) is 0 Å². The van der Waals surface area contributed by atoms with Crippen LogP contribution in [0.5, 0.6) is 0 Å². The zero-order chi connectivity index (χ0) is 14.1. The van der Waals surface area contributed by atoms with E-state index in [1.54, 1.807) is 4.90 Å². The number of anilines is 1. The number of amides is 1. The van der Waals surface area contributed by atoms with Crippen molar-refractivity contribution in [2.24, 2.45) is 5.92 Å². The molecule has 0 aliphatic carbocycles. The highest BCUT2D eigenvalue weighted by Crippen LogP contribution is 2.28. The lowest BCUT2D eigenvalue weighted by Crippen LogP contribution is -2.25. The molecule has 5 nitrogen and oxygen atoms in total. The fourth-order valence-electron chi connectivity index (χ4n) is 2.59. The van der Waals surface area contributed by atoms with E-state index in [4.69, 9.17) is 5.11 Å². The number of aliphatic hydroxyl groups is 1. The summed E-state index contributed by atoms with van der Waals surface area (Å²) >= 11 is 0. The zero-order valence-electron chi connectivity index (χ0n) is 11.3. The summed E-state index contributed by atoms with van der Waals surface area (Å²) in [5.74, 6) is 0.664. The molecule has 2 heterocycles. The van der Waals surface area contributed by atoms with Crippen LogP contribution in [0.4, 0.5) is 5.82 Å². The number of carbonyl (C=O) groups is 1. The average Bonchev–Trinajstić information content (AvgIpc) is 3.05. The summed E-state index contributed by atoms with van der Waals surface area (Å²) in [6, 6.07) is 9.92. The first-order chi connectivity index (χ1) is 9.69. The molecule has 1 fully saturated rings. The van der Waals surface area contributed by atoms with Crippen molar-refractivity contribution < 1.29 is 9.90 Å². The Morgan fingerprint density at radius 3 is 2.95 bits per heavy atom. The lowest BCUT2D eigenvalue weighted by molar-refractivity contribution is -0.117. The minimum absolute atomic E-state index is 0.0149. The Morgan fingerprint density at radius 1 is 1.45 bits per heavy atom. The monoisotopic (exact) mass is 271 g/mol. The number of hydrogen-bond acceptors (Lipinski definition) is 3. The van der Waals surface area contributed by atoms with Crippen LogP contribution < -0.4 is 4.90 Å². The SMILES string of the molecule is Cc1ccccc1-c1cc(N2CC(CO)CC2=O)n[nH]1. The molecule has 1 aliphatic rings. The van der Waals surface area contributed by atoms with Crippen molar-refractivity contribution in [1.82, 2.24) is 10.2 Å². The summed E-state index contributed by atoms with van der Waals surface area (Å²) < 4.78 is 0. The number of aromatic amines is 1. The van der Waals surface area contributed by atoms with E-state index in [0.717, 1.165) is 16.8 Å².